The largest absolute Gasteiger partial charge is 0.305 e. The van der Waals surface area contributed by atoms with E-state index in [-0.39, 0.29) is 6.04 Å². The Balaban J connectivity index is 2.01. The third-order valence-electron chi connectivity index (χ3n) is 3.45. The quantitative estimate of drug-likeness (QED) is 0.633. The number of benzene rings is 2. The van der Waals surface area contributed by atoms with Crippen molar-refractivity contribution in [2.24, 2.45) is 0 Å². The van der Waals surface area contributed by atoms with Crippen molar-refractivity contribution in [3.63, 3.8) is 0 Å². The first-order valence-electron chi connectivity index (χ1n) is 6.27. The van der Waals surface area contributed by atoms with E-state index in [4.69, 9.17) is 6.42 Å². The molecule has 0 atom stereocenters. The minimum Gasteiger partial charge on any atom is -0.305 e. The van der Waals surface area contributed by atoms with Gasteiger partial charge < -0.3 is 5.32 Å². The molecule has 1 aliphatic carbocycles. The highest BCUT2D eigenvalue weighted by molar-refractivity contribution is 5.78. The summed E-state index contributed by atoms with van der Waals surface area (Å²) in [5.74, 6) is 2.68. The maximum absolute atomic E-state index is 5.31. The summed E-state index contributed by atoms with van der Waals surface area (Å²) in [5, 5.41) is 3.55. The predicted octanol–water partition coefficient (Wildman–Crippen LogP) is 3.37. The summed E-state index contributed by atoms with van der Waals surface area (Å²) in [6.07, 6.45) is 6.08. The molecule has 0 saturated heterocycles. The van der Waals surface area contributed by atoms with Crippen molar-refractivity contribution in [3.05, 3.63) is 59.7 Å². The van der Waals surface area contributed by atoms with E-state index in [0.29, 0.717) is 0 Å². The molecule has 1 N–H and O–H groups in total. The summed E-state index contributed by atoms with van der Waals surface area (Å²) in [6.45, 7) is 0.851. The van der Waals surface area contributed by atoms with Crippen molar-refractivity contribution in [3.8, 4) is 23.5 Å². The van der Waals surface area contributed by atoms with Crippen LogP contribution in [0.25, 0.3) is 11.1 Å². The highest BCUT2D eigenvalue weighted by Crippen LogP contribution is 2.42. The molecule has 1 aliphatic rings. The molecule has 18 heavy (non-hydrogen) atoms. The molecule has 2 aromatic rings. The van der Waals surface area contributed by atoms with Gasteiger partial charge in [0.1, 0.15) is 0 Å². The fourth-order valence-corrected chi connectivity index (χ4v) is 2.66. The van der Waals surface area contributed by atoms with Crippen LogP contribution in [0, 0.1) is 12.3 Å². The van der Waals surface area contributed by atoms with Gasteiger partial charge >= 0.3 is 0 Å². The summed E-state index contributed by atoms with van der Waals surface area (Å²) < 4.78 is 0. The molecule has 88 valence electrons. The lowest BCUT2D eigenvalue weighted by Crippen LogP contribution is -2.21. The molecule has 2 aromatic carbocycles. The van der Waals surface area contributed by atoms with Crippen LogP contribution in [0.1, 0.15) is 23.6 Å². The lowest BCUT2D eigenvalue weighted by molar-refractivity contribution is 0.625. The van der Waals surface area contributed by atoms with Crippen molar-refractivity contribution in [2.75, 3.05) is 6.54 Å². The first kappa shape index (κ1) is 11.1. The SMILES string of the molecule is C#CCCNC1c2ccccc2-c2ccccc21. The van der Waals surface area contributed by atoms with Crippen LogP contribution < -0.4 is 5.32 Å². The second-order valence-electron chi connectivity index (χ2n) is 4.52. The van der Waals surface area contributed by atoms with E-state index in [1.807, 2.05) is 0 Å². The lowest BCUT2D eigenvalue weighted by atomic mass is 10.1. The van der Waals surface area contributed by atoms with Crippen LogP contribution in [0.4, 0.5) is 0 Å². The standard InChI is InChI=1S/C17H15N/c1-2-3-12-18-17-15-10-6-4-8-13(15)14-9-5-7-11-16(14)17/h1,4-11,17-18H,3,12H2. The Morgan fingerprint density at radius 1 is 0.944 bits per heavy atom. The topological polar surface area (TPSA) is 12.0 Å². The van der Waals surface area contributed by atoms with Crippen molar-refractivity contribution < 1.29 is 0 Å². The second-order valence-corrected chi connectivity index (χ2v) is 4.52. The molecule has 0 fully saturated rings. The van der Waals surface area contributed by atoms with Gasteiger partial charge in [-0.15, -0.1) is 12.3 Å². The molecule has 0 unspecified atom stereocenters. The monoisotopic (exact) mass is 233 g/mol. The van der Waals surface area contributed by atoms with Gasteiger partial charge in [0.15, 0.2) is 0 Å². The average Bonchev–Trinajstić information content (AvgIpc) is 2.74. The van der Waals surface area contributed by atoms with Crippen LogP contribution in [-0.2, 0) is 0 Å². The normalized spacial score (nSPS) is 12.8. The lowest BCUT2D eigenvalue weighted by Gasteiger charge is -2.14. The van der Waals surface area contributed by atoms with E-state index in [2.05, 4.69) is 59.8 Å². The predicted molar refractivity (Wildman–Crippen MR) is 75.2 cm³/mol. The molecule has 0 aliphatic heterocycles. The van der Waals surface area contributed by atoms with Crippen LogP contribution in [0.2, 0.25) is 0 Å². The number of terminal acetylenes is 1. The van der Waals surface area contributed by atoms with Crippen LogP contribution in [0.3, 0.4) is 0 Å². The van der Waals surface area contributed by atoms with Crippen LogP contribution in [-0.4, -0.2) is 6.54 Å². The van der Waals surface area contributed by atoms with Crippen molar-refractivity contribution >= 4 is 0 Å². The fraction of sp³-hybridized carbons (Fsp3) is 0.176. The zero-order valence-corrected chi connectivity index (χ0v) is 10.2. The molecule has 3 rings (SSSR count). The van der Waals surface area contributed by atoms with E-state index in [1.54, 1.807) is 0 Å². The summed E-state index contributed by atoms with van der Waals surface area (Å²) in [4.78, 5) is 0. The maximum atomic E-state index is 5.31. The number of nitrogens with one attached hydrogen (secondary N) is 1. The Kier molecular flexibility index (Phi) is 2.88. The van der Waals surface area contributed by atoms with Gasteiger partial charge in [-0.3, -0.25) is 0 Å². The molecular weight excluding hydrogens is 218 g/mol. The Labute approximate surface area is 108 Å². The maximum Gasteiger partial charge on any atom is 0.0589 e. The Morgan fingerprint density at radius 2 is 1.50 bits per heavy atom. The number of hydrogen-bond donors (Lipinski definition) is 1. The summed E-state index contributed by atoms with van der Waals surface area (Å²) in [5.41, 5.74) is 5.39. The number of hydrogen-bond acceptors (Lipinski definition) is 1. The zero-order valence-electron chi connectivity index (χ0n) is 10.2. The first-order valence-corrected chi connectivity index (χ1v) is 6.27. The molecule has 0 aromatic heterocycles. The van der Waals surface area contributed by atoms with Crippen molar-refractivity contribution in [1.82, 2.24) is 5.32 Å². The minimum atomic E-state index is 0.283. The third-order valence-corrected chi connectivity index (χ3v) is 3.45. The smallest absolute Gasteiger partial charge is 0.0589 e. The van der Waals surface area contributed by atoms with Crippen molar-refractivity contribution in [2.45, 2.75) is 12.5 Å². The minimum absolute atomic E-state index is 0.283. The summed E-state index contributed by atoms with van der Waals surface area (Å²) in [6, 6.07) is 17.4. The van der Waals surface area contributed by atoms with Crippen LogP contribution in [0.5, 0.6) is 0 Å². The van der Waals surface area contributed by atoms with Gasteiger partial charge in [-0.1, -0.05) is 48.5 Å². The highest BCUT2D eigenvalue weighted by atomic mass is 14.9. The molecule has 0 heterocycles. The van der Waals surface area contributed by atoms with E-state index in [1.165, 1.54) is 22.3 Å². The highest BCUT2D eigenvalue weighted by Gasteiger charge is 2.26. The molecule has 0 bridgehead atoms. The van der Waals surface area contributed by atoms with E-state index in [9.17, 15) is 0 Å². The Morgan fingerprint density at radius 3 is 2.06 bits per heavy atom. The van der Waals surface area contributed by atoms with Crippen LogP contribution >= 0.6 is 0 Å². The van der Waals surface area contributed by atoms with Crippen molar-refractivity contribution in [1.29, 1.82) is 0 Å². The van der Waals surface area contributed by atoms with E-state index in [0.717, 1.165) is 13.0 Å². The number of fused-ring (bicyclic) bond motifs is 3. The molecule has 0 radical (unpaired) electrons. The van der Waals surface area contributed by atoms with E-state index >= 15 is 0 Å². The third kappa shape index (κ3) is 1.72. The number of rotatable bonds is 3. The Bertz CT molecular complexity index is 562. The van der Waals surface area contributed by atoms with Gasteiger partial charge in [-0.05, 0) is 22.3 Å². The van der Waals surface area contributed by atoms with Gasteiger partial charge in [0.2, 0.25) is 0 Å². The fourth-order valence-electron chi connectivity index (χ4n) is 2.66. The van der Waals surface area contributed by atoms with Crippen LogP contribution in [0.15, 0.2) is 48.5 Å². The molecular formula is C17H15N. The molecule has 1 heteroatoms. The molecule has 0 saturated carbocycles. The van der Waals surface area contributed by atoms with Gasteiger partial charge in [0, 0.05) is 13.0 Å². The molecule has 0 spiro atoms. The molecule has 0 amide bonds. The van der Waals surface area contributed by atoms with Gasteiger partial charge in [0.05, 0.1) is 6.04 Å². The van der Waals surface area contributed by atoms with E-state index < -0.39 is 0 Å². The second kappa shape index (κ2) is 4.68. The first-order chi connectivity index (χ1) is 8.92. The zero-order chi connectivity index (χ0) is 12.4. The molecule has 1 nitrogen and oxygen atoms in total. The van der Waals surface area contributed by atoms with Gasteiger partial charge in [-0.2, -0.15) is 0 Å². The summed E-state index contributed by atoms with van der Waals surface area (Å²) >= 11 is 0. The van der Waals surface area contributed by atoms with Gasteiger partial charge in [-0.25, -0.2) is 0 Å². The average molecular weight is 233 g/mol. The van der Waals surface area contributed by atoms with Gasteiger partial charge in [0.25, 0.3) is 0 Å². The Hall–Kier alpha value is -2.04. The summed E-state index contributed by atoms with van der Waals surface area (Å²) in [7, 11) is 0.